The zero-order valence-electron chi connectivity index (χ0n) is 14.5. The molecule has 2 aliphatic heterocycles. The second-order valence-corrected chi connectivity index (χ2v) is 6.91. The van der Waals surface area contributed by atoms with Crippen LogP contribution in [0, 0.1) is 20.8 Å². The van der Waals surface area contributed by atoms with E-state index in [1.807, 2.05) is 32.6 Å². The summed E-state index contributed by atoms with van der Waals surface area (Å²) >= 11 is 0. The molecular formula is C18H26N2O3. The number of amides is 1. The normalized spacial score (nSPS) is 24.1. The third-order valence-electron chi connectivity index (χ3n) is 5.38. The number of piperazine rings is 1. The van der Waals surface area contributed by atoms with Crippen molar-refractivity contribution in [3.05, 3.63) is 22.3 Å². The molecule has 5 nitrogen and oxygen atoms in total. The molecule has 0 saturated carbocycles. The molecule has 2 N–H and O–H groups in total. The summed E-state index contributed by atoms with van der Waals surface area (Å²) < 4.78 is 6.26. The average Bonchev–Trinajstić information content (AvgIpc) is 2.58. The molecule has 1 atom stereocenters. The van der Waals surface area contributed by atoms with Crippen LogP contribution in [0.25, 0.3) is 0 Å². The fourth-order valence-corrected chi connectivity index (χ4v) is 3.60. The number of phenols is 1. The van der Waals surface area contributed by atoms with Crippen molar-refractivity contribution in [1.29, 1.82) is 0 Å². The Morgan fingerprint density at radius 1 is 1.17 bits per heavy atom. The summed E-state index contributed by atoms with van der Waals surface area (Å²) in [5.41, 5.74) is 2.86. The molecule has 23 heavy (non-hydrogen) atoms. The zero-order valence-corrected chi connectivity index (χ0v) is 14.5. The largest absolute Gasteiger partial charge is 0.507 e. The van der Waals surface area contributed by atoms with Gasteiger partial charge in [-0.3, -0.25) is 4.79 Å². The predicted molar refractivity (Wildman–Crippen MR) is 89.1 cm³/mol. The number of hydrogen-bond acceptors (Lipinski definition) is 4. The molecule has 0 spiro atoms. The molecule has 1 amide bonds. The third-order valence-corrected chi connectivity index (χ3v) is 5.38. The van der Waals surface area contributed by atoms with Crippen LogP contribution in [0.15, 0.2) is 0 Å². The maximum atomic E-state index is 13.0. The van der Waals surface area contributed by atoms with E-state index in [4.69, 9.17) is 4.74 Å². The Bertz CT molecular complexity index is 650. The van der Waals surface area contributed by atoms with E-state index in [2.05, 4.69) is 5.32 Å². The first-order valence-electron chi connectivity index (χ1n) is 8.36. The second kappa shape index (κ2) is 5.71. The highest BCUT2D eigenvalue weighted by atomic mass is 16.5. The van der Waals surface area contributed by atoms with E-state index in [0.717, 1.165) is 60.6 Å². The van der Waals surface area contributed by atoms with E-state index in [-0.39, 0.29) is 5.91 Å². The maximum absolute atomic E-state index is 13.0. The first kappa shape index (κ1) is 16.1. The van der Waals surface area contributed by atoms with Crippen LogP contribution in [0.4, 0.5) is 0 Å². The highest BCUT2D eigenvalue weighted by Gasteiger charge is 2.43. The molecule has 0 aromatic heterocycles. The predicted octanol–water partition coefficient (Wildman–Crippen LogP) is 1.83. The van der Waals surface area contributed by atoms with Gasteiger partial charge in [0.1, 0.15) is 11.5 Å². The van der Waals surface area contributed by atoms with Crippen molar-refractivity contribution in [2.45, 2.75) is 46.1 Å². The number of fused-ring (bicyclic) bond motifs is 1. The van der Waals surface area contributed by atoms with Gasteiger partial charge in [0.2, 0.25) is 0 Å². The SMILES string of the molecule is Cc1c(C)c2c(c(C)c1O)CC[C@](C)(C(=O)N1CCNCC1)O2. The molecule has 1 aromatic carbocycles. The molecular weight excluding hydrogens is 292 g/mol. The molecule has 1 saturated heterocycles. The van der Waals surface area contributed by atoms with E-state index in [9.17, 15) is 9.90 Å². The van der Waals surface area contributed by atoms with E-state index in [0.29, 0.717) is 12.2 Å². The number of ether oxygens (including phenoxy) is 1. The molecule has 0 radical (unpaired) electrons. The molecule has 126 valence electrons. The Morgan fingerprint density at radius 3 is 2.48 bits per heavy atom. The lowest BCUT2D eigenvalue weighted by Gasteiger charge is -2.40. The van der Waals surface area contributed by atoms with Crippen molar-refractivity contribution in [1.82, 2.24) is 10.2 Å². The van der Waals surface area contributed by atoms with Gasteiger partial charge < -0.3 is 20.1 Å². The van der Waals surface area contributed by atoms with Crippen LogP contribution in [0.1, 0.15) is 35.6 Å². The minimum Gasteiger partial charge on any atom is -0.507 e. The minimum absolute atomic E-state index is 0.0763. The van der Waals surface area contributed by atoms with Gasteiger partial charge in [0, 0.05) is 38.2 Å². The summed E-state index contributed by atoms with van der Waals surface area (Å²) in [5, 5.41) is 13.5. The van der Waals surface area contributed by atoms with Crippen LogP contribution in [-0.4, -0.2) is 47.7 Å². The molecule has 0 bridgehead atoms. The van der Waals surface area contributed by atoms with E-state index in [1.54, 1.807) is 0 Å². The van der Waals surface area contributed by atoms with Crippen LogP contribution >= 0.6 is 0 Å². The number of hydrogen-bond donors (Lipinski definition) is 2. The fraction of sp³-hybridized carbons (Fsp3) is 0.611. The minimum atomic E-state index is -0.815. The Balaban J connectivity index is 1.94. The number of nitrogens with one attached hydrogen (secondary N) is 1. The number of rotatable bonds is 1. The number of phenolic OH excluding ortho intramolecular Hbond substituents is 1. The highest BCUT2D eigenvalue weighted by Crippen LogP contribution is 2.43. The van der Waals surface area contributed by atoms with Crippen LogP contribution < -0.4 is 10.1 Å². The van der Waals surface area contributed by atoms with Gasteiger partial charge in [0.25, 0.3) is 5.91 Å². The van der Waals surface area contributed by atoms with Crippen LogP contribution in [0.3, 0.4) is 0 Å². The number of benzene rings is 1. The fourth-order valence-electron chi connectivity index (χ4n) is 3.60. The van der Waals surface area contributed by atoms with Gasteiger partial charge in [0.15, 0.2) is 5.60 Å². The quantitative estimate of drug-likeness (QED) is 0.829. The van der Waals surface area contributed by atoms with Gasteiger partial charge >= 0.3 is 0 Å². The first-order chi connectivity index (χ1) is 10.8. The Hall–Kier alpha value is -1.75. The molecule has 2 aliphatic rings. The maximum Gasteiger partial charge on any atom is 0.266 e. The summed E-state index contributed by atoms with van der Waals surface area (Å²) in [4.78, 5) is 14.9. The van der Waals surface area contributed by atoms with Gasteiger partial charge in [-0.15, -0.1) is 0 Å². The number of carbonyl (C=O) groups is 1. The summed E-state index contributed by atoms with van der Waals surface area (Å²) in [6, 6.07) is 0. The zero-order chi connectivity index (χ0) is 16.8. The summed E-state index contributed by atoms with van der Waals surface area (Å²) in [7, 11) is 0. The van der Waals surface area contributed by atoms with Gasteiger partial charge in [-0.25, -0.2) is 0 Å². The Morgan fingerprint density at radius 2 is 1.83 bits per heavy atom. The molecule has 1 fully saturated rings. The van der Waals surface area contributed by atoms with Gasteiger partial charge in [-0.05, 0) is 50.8 Å². The van der Waals surface area contributed by atoms with Crippen LogP contribution in [0.2, 0.25) is 0 Å². The smallest absolute Gasteiger partial charge is 0.266 e. The van der Waals surface area contributed by atoms with Gasteiger partial charge in [0.05, 0.1) is 0 Å². The van der Waals surface area contributed by atoms with Gasteiger partial charge in [-0.2, -0.15) is 0 Å². The van der Waals surface area contributed by atoms with Crippen LogP contribution in [-0.2, 0) is 11.2 Å². The standard InChI is InChI=1S/C18H26N2O3/c1-11-12(2)16-14(13(3)15(11)21)5-6-18(4,23-16)17(22)20-9-7-19-8-10-20/h19,21H,5-10H2,1-4H3/t18-/m1/s1. The molecule has 3 rings (SSSR count). The molecule has 0 aliphatic carbocycles. The van der Waals surface area contributed by atoms with E-state index >= 15 is 0 Å². The lowest BCUT2D eigenvalue weighted by atomic mass is 9.86. The topological polar surface area (TPSA) is 61.8 Å². The molecule has 5 heteroatoms. The number of nitrogens with zero attached hydrogens (tertiary/aromatic N) is 1. The first-order valence-corrected chi connectivity index (χ1v) is 8.36. The van der Waals surface area contributed by atoms with Crippen molar-refractivity contribution in [2.24, 2.45) is 0 Å². The summed E-state index contributed by atoms with van der Waals surface area (Å²) in [6.45, 7) is 10.8. The molecule has 2 heterocycles. The monoisotopic (exact) mass is 318 g/mol. The lowest BCUT2D eigenvalue weighted by Crippen LogP contribution is -2.57. The second-order valence-electron chi connectivity index (χ2n) is 6.91. The van der Waals surface area contributed by atoms with Gasteiger partial charge in [-0.1, -0.05) is 0 Å². The van der Waals surface area contributed by atoms with Crippen molar-refractivity contribution < 1.29 is 14.6 Å². The van der Waals surface area contributed by atoms with E-state index < -0.39 is 5.60 Å². The Labute approximate surface area is 137 Å². The number of aromatic hydroxyl groups is 1. The van der Waals surface area contributed by atoms with Crippen molar-refractivity contribution in [3.63, 3.8) is 0 Å². The highest BCUT2D eigenvalue weighted by molar-refractivity contribution is 5.86. The van der Waals surface area contributed by atoms with Crippen molar-refractivity contribution in [3.8, 4) is 11.5 Å². The molecule has 1 aromatic rings. The molecule has 0 unspecified atom stereocenters. The summed E-state index contributed by atoms with van der Waals surface area (Å²) in [5.74, 6) is 1.21. The van der Waals surface area contributed by atoms with E-state index in [1.165, 1.54) is 0 Å². The lowest BCUT2D eigenvalue weighted by molar-refractivity contribution is -0.148. The summed E-state index contributed by atoms with van der Waals surface area (Å²) in [6.07, 6.45) is 1.40. The average molecular weight is 318 g/mol. The van der Waals surface area contributed by atoms with Crippen molar-refractivity contribution >= 4 is 5.91 Å². The third kappa shape index (κ3) is 2.57. The Kier molecular flexibility index (Phi) is 4.00. The number of carbonyl (C=O) groups excluding carboxylic acids is 1. The van der Waals surface area contributed by atoms with Crippen molar-refractivity contribution in [2.75, 3.05) is 26.2 Å². The van der Waals surface area contributed by atoms with Crippen LogP contribution in [0.5, 0.6) is 11.5 Å².